The lowest BCUT2D eigenvalue weighted by Crippen LogP contribution is -2.29. The van der Waals surface area contributed by atoms with Crippen molar-refractivity contribution < 1.29 is 14.7 Å². The molecule has 5 heteroatoms. The molecule has 1 aromatic heterocycles. The number of hydrogen-bond donors (Lipinski definition) is 2. The van der Waals surface area contributed by atoms with E-state index in [1.165, 1.54) is 0 Å². The molecular formula is C12H17NO3S. The van der Waals surface area contributed by atoms with Gasteiger partial charge in [-0.2, -0.15) is 0 Å². The van der Waals surface area contributed by atoms with E-state index in [1.54, 1.807) is 25.2 Å². The second kappa shape index (κ2) is 5.82. The molecule has 0 aliphatic carbocycles. The van der Waals surface area contributed by atoms with Crippen molar-refractivity contribution >= 4 is 23.2 Å². The topological polar surface area (TPSA) is 66.4 Å². The summed E-state index contributed by atoms with van der Waals surface area (Å²) in [6.07, 6.45) is 0.226. The molecule has 0 radical (unpaired) electrons. The fourth-order valence-electron chi connectivity index (χ4n) is 1.57. The third-order valence-corrected chi connectivity index (χ3v) is 3.19. The molecule has 2 N–H and O–H groups in total. The first-order chi connectivity index (χ1) is 7.89. The second-order valence-corrected chi connectivity index (χ2v) is 5.80. The van der Waals surface area contributed by atoms with Gasteiger partial charge >= 0.3 is 5.97 Å². The molecule has 1 aromatic rings. The summed E-state index contributed by atoms with van der Waals surface area (Å²) in [5, 5.41) is 13.5. The minimum absolute atomic E-state index is 0.000573. The molecule has 17 heavy (non-hydrogen) atoms. The maximum absolute atomic E-state index is 11.6. The highest BCUT2D eigenvalue weighted by molar-refractivity contribution is 7.09. The monoisotopic (exact) mass is 255 g/mol. The van der Waals surface area contributed by atoms with Crippen molar-refractivity contribution in [3.05, 3.63) is 22.4 Å². The molecule has 0 saturated heterocycles. The Morgan fingerprint density at radius 1 is 1.41 bits per heavy atom. The quantitative estimate of drug-likeness (QED) is 0.819. The van der Waals surface area contributed by atoms with Crippen LogP contribution in [0.4, 0.5) is 0 Å². The fraction of sp³-hybridized carbons (Fsp3) is 0.500. The number of carboxylic acids is 1. The van der Waals surface area contributed by atoms with Crippen LogP contribution in [0.2, 0.25) is 0 Å². The molecule has 0 bridgehead atoms. The molecule has 1 heterocycles. The van der Waals surface area contributed by atoms with Crippen LogP contribution in [-0.2, 0) is 16.1 Å². The zero-order valence-corrected chi connectivity index (χ0v) is 10.8. The number of carbonyl (C=O) groups is 2. The van der Waals surface area contributed by atoms with Crippen molar-refractivity contribution in [1.82, 2.24) is 5.32 Å². The van der Waals surface area contributed by atoms with Crippen molar-refractivity contribution in [1.29, 1.82) is 0 Å². The number of hydrogen-bond acceptors (Lipinski definition) is 3. The molecule has 0 fully saturated rings. The highest BCUT2D eigenvalue weighted by atomic mass is 32.1. The van der Waals surface area contributed by atoms with Gasteiger partial charge in [-0.3, -0.25) is 9.59 Å². The molecule has 1 amide bonds. The second-order valence-electron chi connectivity index (χ2n) is 4.77. The summed E-state index contributed by atoms with van der Waals surface area (Å²) >= 11 is 1.58. The van der Waals surface area contributed by atoms with Crippen LogP contribution in [0.5, 0.6) is 0 Å². The summed E-state index contributed by atoms with van der Waals surface area (Å²) in [5.74, 6) is -0.981. The van der Waals surface area contributed by atoms with Gasteiger partial charge in [0.15, 0.2) is 0 Å². The summed E-state index contributed by atoms with van der Waals surface area (Å²) in [6, 6.07) is 3.88. The first kappa shape index (κ1) is 13.7. The minimum atomic E-state index is -0.874. The summed E-state index contributed by atoms with van der Waals surface area (Å²) in [4.78, 5) is 23.3. The Hall–Kier alpha value is -1.36. The Bertz CT molecular complexity index is 384. The van der Waals surface area contributed by atoms with E-state index in [-0.39, 0.29) is 18.7 Å². The molecule has 0 spiro atoms. The van der Waals surface area contributed by atoms with E-state index in [2.05, 4.69) is 5.32 Å². The van der Waals surface area contributed by atoms with Crippen molar-refractivity contribution in [2.24, 2.45) is 5.41 Å². The lowest BCUT2D eigenvalue weighted by molar-refractivity contribution is -0.139. The van der Waals surface area contributed by atoms with Crippen LogP contribution in [0, 0.1) is 5.41 Å². The van der Waals surface area contributed by atoms with Gasteiger partial charge in [0, 0.05) is 11.3 Å². The van der Waals surface area contributed by atoms with Crippen LogP contribution in [-0.4, -0.2) is 17.0 Å². The molecule has 0 atom stereocenters. The van der Waals surface area contributed by atoms with Crippen LogP contribution >= 0.6 is 11.3 Å². The number of amides is 1. The Kier molecular flexibility index (Phi) is 4.69. The molecule has 0 aliphatic heterocycles. The molecule has 0 unspecified atom stereocenters. The van der Waals surface area contributed by atoms with Crippen molar-refractivity contribution in [3.63, 3.8) is 0 Å². The van der Waals surface area contributed by atoms with E-state index in [1.807, 2.05) is 17.5 Å². The average molecular weight is 255 g/mol. The summed E-state index contributed by atoms with van der Waals surface area (Å²) in [5.41, 5.74) is -0.509. The van der Waals surface area contributed by atoms with Gasteiger partial charge in [0.2, 0.25) is 5.91 Å². The highest BCUT2D eigenvalue weighted by Gasteiger charge is 2.24. The normalized spacial score (nSPS) is 11.2. The molecule has 4 nitrogen and oxygen atoms in total. The van der Waals surface area contributed by atoms with Crippen molar-refractivity contribution in [2.45, 2.75) is 33.2 Å². The van der Waals surface area contributed by atoms with E-state index >= 15 is 0 Å². The summed E-state index contributed by atoms with van der Waals surface area (Å²) in [6.45, 7) is 4.08. The molecule has 0 aliphatic rings. The Balaban J connectivity index is 2.36. The predicted molar refractivity (Wildman–Crippen MR) is 66.8 cm³/mol. The van der Waals surface area contributed by atoms with Crippen LogP contribution in [0.3, 0.4) is 0 Å². The molecule has 0 aromatic carbocycles. The Morgan fingerprint density at radius 3 is 2.65 bits per heavy atom. The molecular weight excluding hydrogens is 238 g/mol. The Labute approximate surface area is 105 Å². The number of rotatable bonds is 6. The predicted octanol–water partition coefficient (Wildman–Crippen LogP) is 2.26. The highest BCUT2D eigenvalue weighted by Crippen LogP contribution is 2.24. The number of aliphatic carboxylic acids is 1. The van der Waals surface area contributed by atoms with Crippen LogP contribution in [0.1, 0.15) is 31.6 Å². The van der Waals surface area contributed by atoms with Crippen LogP contribution < -0.4 is 5.32 Å². The fourth-order valence-corrected chi connectivity index (χ4v) is 2.21. The van der Waals surface area contributed by atoms with E-state index in [0.29, 0.717) is 6.54 Å². The van der Waals surface area contributed by atoms with Gasteiger partial charge in [0.1, 0.15) is 0 Å². The van der Waals surface area contributed by atoms with Crippen molar-refractivity contribution in [2.75, 3.05) is 0 Å². The SMILES string of the molecule is CC(C)(CC(=O)O)CC(=O)NCc1cccs1. The van der Waals surface area contributed by atoms with E-state index in [0.717, 1.165) is 4.88 Å². The first-order valence-corrected chi connectivity index (χ1v) is 6.28. The van der Waals surface area contributed by atoms with Gasteiger partial charge in [-0.05, 0) is 16.9 Å². The van der Waals surface area contributed by atoms with Gasteiger partial charge < -0.3 is 10.4 Å². The van der Waals surface area contributed by atoms with Crippen LogP contribution in [0.15, 0.2) is 17.5 Å². The molecule has 94 valence electrons. The summed E-state index contributed by atoms with van der Waals surface area (Å²) < 4.78 is 0. The number of nitrogens with one attached hydrogen (secondary N) is 1. The van der Waals surface area contributed by atoms with E-state index in [9.17, 15) is 9.59 Å². The summed E-state index contributed by atoms with van der Waals surface area (Å²) in [7, 11) is 0. The van der Waals surface area contributed by atoms with E-state index < -0.39 is 11.4 Å². The van der Waals surface area contributed by atoms with Gasteiger partial charge in [-0.15, -0.1) is 11.3 Å². The van der Waals surface area contributed by atoms with Gasteiger partial charge in [0.05, 0.1) is 13.0 Å². The zero-order chi connectivity index (χ0) is 12.9. The maximum Gasteiger partial charge on any atom is 0.303 e. The van der Waals surface area contributed by atoms with Gasteiger partial charge in [-0.1, -0.05) is 19.9 Å². The Morgan fingerprint density at radius 2 is 2.12 bits per heavy atom. The standard InChI is InChI=1S/C12H17NO3S/c1-12(2,7-11(15)16)6-10(14)13-8-9-4-3-5-17-9/h3-5H,6-8H2,1-2H3,(H,13,14)(H,15,16). The smallest absolute Gasteiger partial charge is 0.303 e. The number of thiophene rings is 1. The molecule has 0 saturated carbocycles. The van der Waals surface area contributed by atoms with Gasteiger partial charge in [-0.25, -0.2) is 0 Å². The number of carboxylic acid groups (broad SMARTS) is 1. The first-order valence-electron chi connectivity index (χ1n) is 5.40. The van der Waals surface area contributed by atoms with Gasteiger partial charge in [0.25, 0.3) is 0 Å². The number of carbonyl (C=O) groups excluding carboxylic acids is 1. The molecule has 1 rings (SSSR count). The average Bonchev–Trinajstić information content (AvgIpc) is 2.63. The largest absolute Gasteiger partial charge is 0.481 e. The minimum Gasteiger partial charge on any atom is -0.481 e. The third kappa shape index (κ3) is 5.49. The lowest BCUT2D eigenvalue weighted by Gasteiger charge is -2.21. The van der Waals surface area contributed by atoms with Crippen LogP contribution in [0.25, 0.3) is 0 Å². The zero-order valence-electron chi connectivity index (χ0n) is 10.0. The lowest BCUT2D eigenvalue weighted by atomic mass is 9.85. The van der Waals surface area contributed by atoms with Crippen molar-refractivity contribution in [3.8, 4) is 0 Å². The van der Waals surface area contributed by atoms with E-state index in [4.69, 9.17) is 5.11 Å². The third-order valence-electron chi connectivity index (χ3n) is 2.31. The maximum atomic E-state index is 11.6.